The Balaban J connectivity index is 1.93. The number of halogens is 4. The molecule has 0 spiro atoms. The van der Waals surface area contributed by atoms with Crippen molar-refractivity contribution in [3.8, 4) is 17.1 Å². The van der Waals surface area contributed by atoms with Gasteiger partial charge in [0.1, 0.15) is 37.9 Å². The molecule has 2 heterocycles. The second kappa shape index (κ2) is 7.97. The van der Waals surface area contributed by atoms with E-state index in [1.807, 2.05) is 0 Å². The first-order valence-corrected chi connectivity index (χ1v) is 9.38. The van der Waals surface area contributed by atoms with Crippen LogP contribution in [0.15, 0.2) is 36.4 Å². The molecule has 2 radical (unpaired) electrons. The second-order valence-electron chi connectivity index (χ2n) is 7.06. The highest BCUT2D eigenvalue weighted by atomic mass is 19.4. The fraction of sp³-hybridized carbons (Fsp3) is 0.238. The van der Waals surface area contributed by atoms with Gasteiger partial charge in [-0.25, -0.2) is 14.2 Å². The Morgan fingerprint density at radius 3 is 2.75 bits per heavy atom. The molecule has 1 atom stereocenters. The maximum Gasteiger partial charge on any atom is 0.416 e. The van der Waals surface area contributed by atoms with Gasteiger partial charge in [0.05, 0.1) is 30.5 Å². The standard InChI is InChI=1S/C21H15BF4N2O4/c1-31-20(30)16-17(18(29)10-3-2-4-11(7-10)21(24,25)26)28-5-6-32-15-9-14(23)13(22)8-12(15)19(28)27-16/h2-4,7-9,18,29H,5-6H2,1H3. The van der Waals surface area contributed by atoms with Gasteiger partial charge in [-0.05, 0) is 17.7 Å². The highest BCUT2D eigenvalue weighted by Crippen LogP contribution is 2.38. The molecule has 0 saturated heterocycles. The Hall–Kier alpha value is -3.34. The smallest absolute Gasteiger partial charge is 0.416 e. The van der Waals surface area contributed by atoms with E-state index in [0.717, 1.165) is 31.4 Å². The molecule has 0 bridgehead atoms. The summed E-state index contributed by atoms with van der Waals surface area (Å²) in [5.74, 6) is -1.35. The lowest BCUT2D eigenvalue weighted by atomic mass is 9.93. The quantitative estimate of drug-likeness (QED) is 0.381. The average Bonchev–Trinajstić information content (AvgIpc) is 3.05. The first-order valence-electron chi connectivity index (χ1n) is 9.38. The molecule has 6 nitrogen and oxygen atoms in total. The van der Waals surface area contributed by atoms with E-state index >= 15 is 0 Å². The van der Waals surface area contributed by atoms with Gasteiger partial charge in [-0.15, -0.1) is 0 Å². The predicted molar refractivity (Wildman–Crippen MR) is 105 cm³/mol. The summed E-state index contributed by atoms with van der Waals surface area (Å²) in [6.07, 6.45) is -6.27. The zero-order chi connectivity index (χ0) is 23.2. The van der Waals surface area contributed by atoms with Crippen molar-refractivity contribution in [2.24, 2.45) is 0 Å². The van der Waals surface area contributed by atoms with Crippen LogP contribution in [0.2, 0.25) is 0 Å². The molecule has 0 aliphatic carbocycles. The van der Waals surface area contributed by atoms with Crippen LogP contribution in [0.1, 0.15) is 33.4 Å². The Kier molecular flexibility index (Phi) is 5.45. The molecule has 2 aromatic carbocycles. The molecule has 1 aromatic heterocycles. The van der Waals surface area contributed by atoms with E-state index in [2.05, 4.69) is 4.98 Å². The van der Waals surface area contributed by atoms with Gasteiger partial charge in [0.15, 0.2) is 5.69 Å². The second-order valence-corrected chi connectivity index (χ2v) is 7.06. The molecule has 0 saturated carbocycles. The zero-order valence-corrected chi connectivity index (χ0v) is 16.6. The fourth-order valence-corrected chi connectivity index (χ4v) is 3.58. The topological polar surface area (TPSA) is 73.6 Å². The predicted octanol–water partition coefficient (Wildman–Crippen LogP) is 2.76. The summed E-state index contributed by atoms with van der Waals surface area (Å²) in [7, 11) is 6.78. The van der Waals surface area contributed by atoms with E-state index < -0.39 is 29.6 Å². The number of aliphatic hydroxyl groups excluding tert-OH is 1. The number of ether oxygens (including phenoxy) is 2. The number of hydrogen-bond donors (Lipinski definition) is 1. The number of rotatable bonds is 3. The summed E-state index contributed by atoms with van der Waals surface area (Å²) in [5.41, 5.74) is -1.36. The number of aliphatic hydroxyl groups is 1. The number of carbonyl (C=O) groups excluding carboxylic acids is 1. The number of esters is 1. The molecular formula is C21H15BF4N2O4. The van der Waals surface area contributed by atoms with Gasteiger partial charge in [-0.3, -0.25) is 0 Å². The molecule has 1 unspecified atom stereocenters. The summed E-state index contributed by atoms with van der Waals surface area (Å²) in [4.78, 5) is 16.7. The SMILES string of the molecule is [B]c1cc2c(cc1F)OCCn1c-2nc(C(=O)OC)c1C(O)c1cccc(C(F)(F)F)c1. The molecule has 11 heteroatoms. The number of alkyl halides is 3. The van der Waals surface area contributed by atoms with Gasteiger partial charge < -0.3 is 19.1 Å². The number of nitrogens with zero attached hydrogens (tertiary/aromatic N) is 2. The van der Waals surface area contributed by atoms with Crippen LogP contribution < -0.4 is 10.2 Å². The third-order valence-corrected chi connectivity index (χ3v) is 5.09. The minimum absolute atomic E-state index is 0.0165. The minimum Gasteiger partial charge on any atom is -0.491 e. The molecule has 32 heavy (non-hydrogen) atoms. The average molecular weight is 446 g/mol. The summed E-state index contributed by atoms with van der Waals surface area (Å²) >= 11 is 0. The largest absolute Gasteiger partial charge is 0.491 e. The Morgan fingerprint density at radius 2 is 2.06 bits per heavy atom. The summed E-state index contributed by atoms with van der Waals surface area (Å²) < 4.78 is 65.2. The van der Waals surface area contributed by atoms with Crippen molar-refractivity contribution < 1.29 is 36.9 Å². The Morgan fingerprint density at radius 1 is 1.31 bits per heavy atom. The number of methoxy groups -OCH3 is 1. The van der Waals surface area contributed by atoms with E-state index in [4.69, 9.17) is 17.3 Å². The zero-order valence-electron chi connectivity index (χ0n) is 16.6. The molecule has 4 rings (SSSR count). The number of aromatic nitrogens is 2. The fourth-order valence-electron chi connectivity index (χ4n) is 3.58. The van der Waals surface area contributed by atoms with Crippen LogP contribution in [0.3, 0.4) is 0 Å². The molecule has 1 aliphatic heterocycles. The van der Waals surface area contributed by atoms with Crippen molar-refractivity contribution >= 4 is 19.3 Å². The number of fused-ring (bicyclic) bond motifs is 3. The lowest BCUT2D eigenvalue weighted by Gasteiger charge is -2.17. The van der Waals surface area contributed by atoms with Crippen molar-refractivity contribution in [2.45, 2.75) is 18.8 Å². The maximum absolute atomic E-state index is 13.9. The highest BCUT2D eigenvalue weighted by Gasteiger charge is 2.34. The highest BCUT2D eigenvalue weighted by molar-refractivity contribution is 6.32. The van der Waals surface area contributed by atoms with E-state index in [1.54, 1.807) is 0 Å². The van der Waals surface area contributed by atoms with E-state index in [-0.39, 0.29) is 52.7 Å². The van der Waals surface area contributed by atoms with Crippen molar-refractivity contribution in [1.82, 2.24) is 9.55 Å². The van der Waals surface area contributed by atoms with Gasteiger partial charge in [-0.1, -0.05) is 23.7 Å². The van der Waals surface area contributed by atoms with Crippen LogP contribution >= 0.6 is 0 Å². The third-order valence-electron chi connectivity index (χ3n) is 5.09. The first-order chi connectivity index (χ1) is 15.1. The van der Waals surface area contributed by atoms with Crippen LogP contribution in [-0.2, 0) is 17.5 Å². The van der Waals surface area contributed by atoms with Gasteiger partial charge in [-0.2, -0.15) is 13.2 Å². The number of carbonyl (C=O) groups is 1. The molecule has 0 fully saturated rings. The first kappa shape index (κ1) is 21.9. The van der Waals surface area contributed by atoms with Crippen LogP contribution in [-0.4, -0.2) is 42.2 Å². The minimum atomic E-state index is -4.62. The van der Waals surface area contributed by atoms with Gasteiger partial charge in [0, 0.05) is 6.07 Å². The van der Waals surface area contributed by atoms with E-state index in [1.165, 1.54) is 16.7 Å². The van der Waals surface area contributed by atoms with Crippen LogP contribution in [0.5, 0.6) is 5.75 Å². The Labute approximate surface area is 180 Å². The van der Waals surface area contributed by atoms with Crippen molar-refractivity contribution in [3.63, 3.8) is 0 Å². The molecular weight excluding hydrogens is 431 g/mol. The van der Waals surface area contributed by atoms with Gasteiger partial charge in [0.2, 0.25) is 0 Å². The maximum atomic E-state index is 13.9. The van der Waals surface area contributed by atoms with E-state index in [0.29, 0.717) is 0 Å². The van der Waals surface area contributed by atoms with Crippen LogP contribution in [0, 0.1) is 5.82 Å². The monoisotopic (exact) mass is 446 g/mol. The number of imidazole rings is 1. The summed E-state index contributed by atoms with van der Waals surface area (Å²) in [5, 5.41) is 11.0. The third kappa shape index (κ3) is 3.73. The van der Waals surface area contributed by atoms with Crippen molar-refractivity contribution in [1.29, 1.82) is 0 Å². The summed E-state index contributed by atoms with van der Waals surface area (Å²) in [6.45, 7) is 0.0868. The normalized spacial score (nSPS) is 14.1. The Bertz CT molecular complexity index is 1210. The molecule has 1 N–H and O–H groups in total. The molecule has 164 valence electrons. The number of hydrogen-bond acceptors (Lipinski definition) is 5. The van der Waals surface area contributed by atoms with Crippen LogP contribution in [0.25, 0.3) is 11.4 Å². The lowest BCUT2D eigenvalue weighted by molar-refractivity contribution is -0.137. The lowest BCUT2D eigenvalue weighted by Crippen LogP contribution is -2.17. The molecule has 0 amide bonds. The summed E-state index contributed by atoms with van der Waals surface area (Å²) in [6, 6.07) is 6.47. The van der Waals surface area contributed by atoms with Crippen LogP contribution in [0.4, 0.5) is 17.6 Å². The van der Waals surface area contributed by atoms with Gasteiger partial charge in [0.25, 0.3) is 0 Å². The van der Waals surface area contributed by atoms with Crippen molar-refractivity contribution in [3.05, 3.63) is 64.7 Å². The molecule has 1 aliphatic rings. The number of benzene rings is 2. The van der Waals surface area contributed by atoms with E-state index in [9.17, 15) is 27.5 Å². The molecule has 3 aromatic rings. The van der Waals surface area contributed by atoms with Gasteiger partial charge >= 0.3 is 12.1 Å². The van der Waals surface area contributed by atoms with Crippen molar-refractivity contribution in [2.75, 3.05) is 13.7 Å².